The molecule has 1 spiro atoms. The summed E-state index contributed by atoms with van der Waals surface area (Å²) in [5.74, 6) is -3.47. The molecule has 13 nitrogen and oxygen atoms in total. The van der Waals surface area contributed by atoms with E-state index < -0.39 is 58.5 Å². The van der Waals surface area contributed by atoms with Gasteiger partial charge >= 0.3 is 22.3 Å². The molecule has 0 unspecified atom stereocenters. The third-order valence-electron chi connectivity index (χ3n) is 5.75. The van der Waals surface area contributed by atoms with Gasteiger partial charge in [-0.1, -0.05) is 12.7 Å². The van der Waals surface area contributed by atoms with Gasteiger partial charge in [-0.2, -0.15) is 8.42 Å². The first kappa shape index (κ1) is 32.0. The number of esters is 1. The molecule has 1 aromatic rings. The number of nitrogens with zero attached hydrogens (tertiary/aromatic N) is 1. The second kappa shape index (κ2) is 13.4. The summed E-state index contributed by atoms with van der Waals surface area (Å²) in [6.07, 6.45) is 3.15. The van der Waals surface area contributed by atoms with Gasteiger partial charge in [0.05, 0.1) is 19.6 Å². The van der Waals surface area contributed by atoms with E-state index in [4.69, 9.17) is 33.2 Å². The Labute approximate surface area is 238 Å². The van der Waals surface area contributed by atoms with Crippen LogP contribution in [0.15, 0.2) is 31.2 Å². The van der Waals surface area contributed by atoms with Gasteiger partial charge in [-0.05, 0) is 38.8 Å². The first-order valence-electron chi connectivity index (χ1n) is 12.6. The van der Waals surface area contributed by atoms with Crippen LogP contribution in [0, 0.1) is 5.82 Å². The van der Waals surface area contributed by atoms with Crippen molar-refractivity contribution in [1.29, 1.82) is 0 Å². The van der Waals surface area contributed by atoms with Crippen LogP contribution in [0.1, 0.15) is 38.3 Å². The fourth-order valence-electron chi connectivity index (χ4n) is 4.08. The van der Waals surface area contributed by atoms with Gasteiger partial charge in [0.25, 0.3) is 5.79 Å². The molecule has 0 atom stereocenters. The third kappa shape index (κ3) is 8.47. The SMILES string of the molecule is C=CCOC(=O)NS(=O)(=O)N(CC(=O)OC(C)(C)C)c1c(OCOCCOC)cc2c(c1F)CC1(CC2)OC=CO1. The van der Waals surface area contributed by atoms with Gasteiger partial charge in [0, 0.05) is 19.1 Å². The van der Waals surface area contributed by atoms with E-state index >= 15 is 4.39 Å². The Morgan fingerprint density at radius 2 is 1.95 bits per heavy atom. The van der Waals surface area contributed by atoms with Gasteiger partial charge in [-0.15, -0.1) is 0 Å². The predicted molar refractivity (Wildman–Crippen MR) is 143 cm³/mol. The summed E-state index contributed by atoms with van der Waals surface area (Å²) >= 11 is 0. The van der Waals surface area contributed by atoms with Crippen molar-refractivity contribution in [1.82, 2.24) is 4.72 Å². The summed E-state index contributed by atoms with van der Waals surface area (Å²) in [4.78, 5) is 25.1. The smallest absolute Gasteiger partial charge is 0.422 e. The van der Waals surface area contributed by atoms with E-state index in [1.165, 1.54) is 31.8 Å². The van der Waals surface area contributed by atoms with E-state index in [2.05, 4.69) is 6.58 Å². The van der Waals surface area contributed by atoms with Gasteiger partial charge in [0.1, 0.15) is 42.7 Å². The van der Waals surface area contributed by atoms with Crippen LogP contribution in [0.4, 0.5) is 14.9 Å². The number of halogens is 1. The van der Waals surface area contributed by atoms with Crippen LogP contribution in [0.3, 0.4) is 0 Å². The van der Waals surface area contributed by atoms with Gasteiger partial charge in [-0.25, -0.2) is 18.2 Å². The van der Waals surface area contributed by atoms with Crippen molar-refractivity contribution in [3.8, 4) is 5.75 Å². The molecule has 0 bridgehead atoms. The highest BCUT2D eigenvalue weighted by Crippen LogP contribution is 2.43. The van der Waals surface area contributed by atoms with E-state index in [1.54, 1.807) is 25.5 Å². The fourth-order valence-corrected chi connectivity index (χ4v) is 5.15. The molecule has 1 aromatic carbocycles. The topological polar surface area (TPSA) is 148 Å². The lowest BCUT2D eigenvalue weighted by atomic mass is 9.86. The summed E-state index contributed by atoms with van der Waals surface area (Å²) in [5, 5.41) is 0. The highest BCUT2D eigenvalue weighted by atomic mass is 32.2. The molecule has 0 aromatic heterocycles. The molecule has 1 amide bonds. The molecule has 1 N–H and O–H groups in total. The van der Waals surface area contributed by atoms with Crippen molar-refractivity contribution in [2.24, 2.45) is 0 Å². The molecular formula is C26H35FN2O11S. The van der Waals surface area contributed by atoms with Crippen molar-refractivity contribution in [3.05, 3.63) is 48.2 Å². The quantitative estimate of drug-likeness (QED) is 0.154. The standard InChI is InChI=1S/C26H35FN2O11S/c1-6-9-36-24(31)28-41(32,33)29(16-21(30)40-25(2,3)4)23-20(37-17-35-11-10-34-5)14-18-7-8-26(38-12-13-39-26)15-19(18)22(23)27/h6,12-14H,1,7-11,15-17H2,2-5H3,(H,28,31). The molecule has 0 fully saturated rings. The lowest BCUT2D eigenvalue weighted by molar-refractivity contribution is -0.152. The number of carbonyl (C=O) groups excluding carboxylic acids is 2. The predicted octanol–water partition coefficient (Wildman–Crippen LogP) is 2.83. The molecule has 15 heteroatoms. The number of methoxy groups -OCH3 is 1. The maximum absolute atomic E-state index is 16.5. The van der Waals surface area contributed by atoms with Crippen molar-refractivity contribution >= 4 is 28.0 Å². The number of hydrogen-bond donors (Lipinski definition) is 1. The molecule has 1 aliphatic heterocycles. The van der Waals surface area contributed by atoms with Crippen molar-refractivity contribution in [3.63, 3.8) is 0 Å². The van der Waals surface area contributed by atoms with E-state index in [-0.39, 0.29) is 37.6 Å². The zero-order chi connectivity index (χ0) is 30.3. The maximum atomic E-state index is 16.5. The number of ether oxygens (including phenoxy) is 7. The Kier molecular flexibility index (Phi) is 10.4. The molecule has 2 aliphatic rings. The molecule has 41 heavy (non-hydrogen) atoms. The van der Waals surface area contributed by atoms with E-state index in [0.717, 1.165) is 0 Å². The number of benzene rings is 1. The summed E-state index contributed by atoms with van der Waals surface area (Å²) in [7, 11) is -3.50. The number of nitrogens with one attached hydrogen (secondary N) is 1. The number of amides is 1. The molecule has 3 rings (SSSR count). The number of fused-ring (bicyclic) bond motifs is 1. The summed E-state index contributed by atoms with van der Waals surface area (Å²) in [6.45, 7) is 6.80. The number of rotatable bonds is 13. The zero-order valence-electron chi connectivity index (χ0n) is 23.4. The Hall–Kier alpha value is -3.56. The van der Waals surface area contributed by atoms with Crippen molar-refractivity contribution in [2.75, 3.05) is 44.6 Å². The zero-order valence-corrected chi connectivity index (χ0v) is 24.2. The first-order chi connectivity index (χ1) is 19.3. The minimum atomic E-state index is -4.98. The number of aryl methyl sites for hydroxylation is 1. The van der Waals surface area contributed by atoms with Crippen LogP contribution in [0.25, 0.3) is 0 Å². The Morgan fingerprint density at radius 3 is 2.59 bits per heavy atom. The summed E-state index contributed by atoms with van der Waals surface area (Å²) < 4.78 is 82.6. The second-order valence-corrected chi connectivity index (χ2v) is 11.6. The molecule has 0 saturated carbocycles. The van der Waals surface area contributed by atoms with Gasteiger partial charge in [0.2, 0.25) is 0 Å². The van der Waals surface area contributed by atoms with Gasteiger partial charge in [-0.3, -0.25) is 4.79 Å². The Bertz CT molecular complexity index is 1250. The molecule has 0 radical (unpaired) electrons. The van der Waals surface area contributed by atoms with Crippen molar-refractivity contribution < 1.29 is 55.6 Å². The monoisotopic (exact) mass is 602 g/mol. The van der Waals surface area contributed by atoms with Crippen LogP contribution in [0.5, 0.6) is 5.75 Å². The molecule has 0 saturated heterocycles. The van der Waals surface area contributed by atoms with Crippen LogP contribution in [0.2, 0.25) is 0 Å². The highest BCUT2D eigenvalue weighted by molar-refractivity contribution is 7.91. The lowest BCUT2D eigenvalue weighted by Gasteiger charge is -2.35. The fraction of sp³-hybridized carbons (Fsp3) is 0.538. The normalized spacial score (nSPS) is 15.3. The number of carbonyl (C=O) groups is 2. The summed E-state index contributed by atoms with van der Waals surface area (Å²) in [5.41, 5.74) is -1.06. The van der Waals surface area contributed by atoms with E-state index in [1.807, 2.05) is 0 Å². The number of anilines is 1. The van der Waals surface area contributed by atoms with E-state index in [0.29, 0.717) is 22.7 Å². The van der Waals surface area contributed by atoms with Gasteiger partial charge in [0.15, 0.2) is 12.6 Å². The second-order valence-electron chi connectivity index (χ2n) is 10.0. The highest BCUT2D eigenvalue weighted by Gasteiger charge is 2.43. The molecular weight excluding hydrogens is 567 g/mol. The summed E-state index contributed by atoms with van der Waals surface area (Å²) in [6, 6.07) is 1.45. The minimum absolute atomic E-state index is 0.0755. The van der Waals surface area contributed by atoms with Crippen molar-refractivity contribution in [2.45, 2.75) is 51.4 Å². The Morgan fingerprint density at radius 1 is 1.24 bits per heavy atom. The molecule has 1 heterocycles. The third-order valence-corrected chi connectivity index (χ3v) is 7.06. The average molecular weight is 603 g/mol. The van der Waals surface area contributed by atoms with Gasteiger partial charge < -0.3 is 33.2 Å². The maximum Gasteiger partial charge on any atom is 0.422 e. The van der Waals surface area contributed by atoms with Crippen LogP contribution in [-0.2, 0) is 56.3 Å². The lowest BCUT2D eigenvalue weighted by Crippen LogP contribution is -2.48. The van der Waals surface area contributed by atoms with Crippen LogP contribution >= 0.6 is 0 Å². The molecule has 1 aliphatic carbocycles. The molecule has 228 valence electrons. The minimum Gasteiger partial charge on any atom is -0.465 e. The Balaban J connectivity index is 2.10. The van der Waals surface area contributed by atoms with E-state index in [9.17, 15) is 18.0 Å². The van der Waals surface area contributed by atoms with Crippen LogP contribution in [-0.4, -0.2) is 72.1 Å². The number of hydrogen-bond acceptors (Lipinski definition) is 11. The first-order valence-corrected chi connectivity index (χ1v) is 14.1. The van der Waals surface area contributed by atoms with Crippen LogP contribution < -0.4 is 13.8 Å². The average Bonchev–Trinajstić information content (AvgIpc) is 3.33. The largest absolute Gasteiger partial charge is 0.465 e.